The molecule has 0 unspecified atom stereocenters. The van der Waals surface area contributed by atoms with E-state index in [4.69, 9.17) is 22.4 Å². The molecule has 0 radical (unpaired) electrons. The Morgan fingerprint density at radius 3 is 2.38 bits per heavy atom. The van der Waals surface area contributed by atoms with Gasteiger partial charge in [-0.1, -0.05) is 25.4 Å². The van der Waals surface area contributed by atoms with Gasteiger partial charge in [0.15, 0.2) is 0 Å². The van der Waals surface area contributed by atoms with Gasteiger partial charge in [-0.15, -0.1) is 0 Å². The number of hydrogen-bond donors (Lipinski definition) is 3. The highest BCUT2D eigenvalue weighted by Crippen LogP contribution is 2.58. The molecule has 1 aliphatic rings. The SMILES string of the molecule is CC1(C)[C@@H](C(=O)O)[C@@H]1C(=O)Nc1ccc(Cl)c(C(N)=O)c1. The number of aliphatic carboxylic acids is 1. The first-order valence-electron chi connectivity index (χ1n) is 6.29. The van der Waals surface area contributed by atoms with E-state index < -0.39 is 35.0 Å². The Balaban J connectivity index is 2.17. The fourth-order valence-corrected chi connectivity index (χ4v) is 2.81. The van der Waals surface area contributed by atoms with E-state index in [9.17, 15) is 14.4 Å². The van der Waals surface area contributed by atoms with Crippen molar-refractivity contribution in [1.29, 1.82) is 0 Å². The molecule has 2 rings (SSSR count). The second kappa shape index (κ2) is 5.04. The smallest absolute Gasteiger partial charge is 0.307 e. The molecule has 0 bridgehead atoms. The fraction of sp³-hybridized carbons (Fsp3) is 0.357. The summed E-state index contributed by atoms with van der Waals surface area (Å²) in [6, 6.07) is 4.34. The fourth-order valence-electron chi connectivity index (χ4n) is 2.60. The third-order valence-electron chi connectivity index (χ3n) is 3.88. The van der Waals surface area contributed by atoms with Gasteiger partial charge in [0.25, 0.3) is 0 Å². The van der Waals surface area contributed by atoms with E-state index in [-0.39, 0.29) is 10.6 Å². The maximum absolute atomic E-state index is 12.1. The largest absolute Gasteiger partial charge is 0.481 e. The summed E-state index contributed by atoms with van der Waals surface area (Å²) in [5.41, 5.74) is 5.04. The molecule has 0 aromatic heterocycles. The van der Waals surface area contributed by atoms with Crippen molar-refractivity contribution in [1.82, 2.24) is 0 Å². The molecule has 2 amide bonds. The molecular weight excluding hydrogens is 296 g/mol. The number of carbonyl (C=O) groups excluding carboxylic acids is 2. The van der Waals surface area contributed by atoms with Crippen LogP contribution in [0.15, 0.2) is 18.2 Å². The lowest BCUT2D eigenvalue weighted by Crippen LogP contribution is -2.18. The van der Waals surface area contributed by atoms with Gasteiger partial charge in [-0.3, -0.25) is 14.4 Å². The van der Waals surface area contributed by atoms with Crippen molar-refractivity contribution < 1.29 is 19.5 Å². The number of nitrogens with two attached hydrogens (primary N) is 1. The third kappa shape index (κ3) is 2.71. The van der Waals surface area contributed by atoms with Gasteiger partial charge in [0.2, 0.25) is 11.8 Å². The molecule has 2 atom stereocenters. The third-order valence-corrected chi connectivity index (χ3v) is 4.20. The van der Waals surface area contributed by atoms with Gasteiger partial charge in [0.1, 0.15) is 0 Å². The van der Waals surface area contributed by atoms with Gasteiger partial charge in [-0.05, 0) is 23.6 Å². The molecule has 4 N–H and O–H groups in total. The van der Waals surface area contributed by atoms with Crippen LogP contribution in [0.5, 0.6) is 0 Å². The van der Waals surface area contributed by atoms with Crippen LogP contribution < -0.4 is 11.1 Å². The van der Waals surface area contributed by atoms with Crippen molar-refractivity contribution in [2.75, 3.05) is 5.32 Å². The Hall–Kier alpha value is -2.08. The molecule has 1 saturated carbocycles. The number of hydrogen-bond acceptors (Lipinski definition) is 3. The minimum absolute atomic E-state index is 0.0966. The van der Waals surface area contributed by atoms with Crippen molar-refractivity contribution in [3.63, 3.8) is 0 Å². The van der Waals surface area contributed by atoms with E-state index >= 15 is 0 Å². The number of carboxylic acids is 1. The standard InChI is InChI=1S/C14H15ClN2O4/c1-14(2)9(10(14)13(20)21)12(19)17-6-3-4-8(15)7(5-6)11(16)18/h3-5,9-10H,1-2H3,(H2,16,18)(H,17,19)(H,20,21)/t9-,10-/m1/s1. The summed E-state index contributed by atoms with van der Waals surface area (Å²) >= 11 is 5.82. The zero-order valence-corrected chi connectivity index (χ0v) is 12.3. The maximum Gasteiger partial charge on any atom is 0.307 e. The summed E-state index contributed by atoms with van der Waals surface area (Å²) in [7, 11) is 0. The lowest BCUT2D eigenvalue weighted by atomic mass is 10.1. The topological polar surface area (TPSA) is 109 Å². The summed E-state index contributed by atoms with van der Waals surface area (Å²) in [6.07, 6.45) is 0. The molecule has 112 valence electrons. The molecule has 0 aliphatic heterocycles. The van der Waals surface area contributed by atoms with Gasteiger partial charge in [-0.2, -0.15) is 0 Å². The molecule has 0 spiro atoms. The van der Waals surface area contributed by atoms with Crippen LogP contribution in [0.1, 0.15) is 24.2 Å². The second-order valence-electron chi connectivity index (χ2n) is 5.66. The normalized spacial score (nSPS) is 22.4. The average Bonchev–Trinajstić information content (AvgIpc) is 2.94. The van der Waals surface area contributed by atoms with Crippen LogP contribution in [0.3, 0.4) is 0 Å². The number of halogens is 1. The maximum atomic E-state index is 12.1. The summed E-state index contributed by atoms with van der Waals surface area (Å²) in [5, 5.41) is 11.9. The number of carboxylic acid groups (broad SMARTS) is 1. The van der Waals surface area contributed by atoms with E-state index in [1.165, 1.54) is 18.2 Å². The van der Waals surface area contributed by atoms with Crippen LogP contribution in [0, 0.1) is 17.3 Å². The van der Waals surface area contributed by atoms with E-state index in [0.29, 0.717) is 5.69 Å². The summed E-state index contributed by atoms with van der Waals surface area (Å²) in [6.45, 7) is 3.46. The zero-order valence-electron chi connectivity index (χ0n) is 11.5. The molecule has 1 aromatic rings. The number of carbonyl (C=O) groups is 3. The first kappa shape index (κ1) is 15.3. The molecule has 1 aliphatic carbocycles. The van der Waals surface area contributed by atoms with Gasteiger partial charge >= 0.3 is 5.97 Å². The van der Waals surface area contributed by atoms with Crippen molar-refractivity contribution in [2.24, 2.45) is 23.0 Å². The van der Waals surface area contributed by atoms with E-state index in [1.807, 2.05) is 0 Å². The predicted molar refractivity (Wildman–Crippen MR) is 77.0 cm³/mol. The second-order valence-corrected chi connectivity index (χ2v) is 6.07. The Bertz CT molecular complexity index is 642. The zero-order chi connectivity index (χ0) is 15.9. The van der Waals surface area contributed by atoms with Crippen molar-refractivity contribution >= 4 is 35.1 Å². The monoisotopic (exact) mass is 310 g/mol. The van der Waals surface area contributed by atoms with Gasteiger partial charge in [0.05, 0.1) is 22.4 Å². The molecule has 0 saturated heterocycles. The van der Waals surface area contributed by atoms with Gasteiger partial charge < -0.3 is 16.2 Å². The average molecular weight is 311 g/mol. The molecule has 7 heteroatoms. The van der Waals surface area contributed by atoms with E-state index in [0.717, 1.165) is 0 Å². The molecule has 21 heavy (non-hydrogen) atoms. The summed E-state index contributed by atoms with van der Waals surface area (Å²) in [5.74, 6) is -3.41. The molecular formula is C14H15ClN2O4. The Morgan fingerprint density at radius 2 is 1.90 bits per heavy atom. The minimum Gasteiger partial charge on any atom is -0.481 e. The van der Waals surface area contributed by atoms with Gasteiger partial charge in [0, 0.05) is 5.69 Å². The lowest BCUT2D eigenvalue weighted by molar-refractivity contribution is -0.140. The summed E-state index contributed by atoms with van der Waals surface area (Å²) < 4.78 is 0. The molecule has 1 aromatic carbocycles. The molecule has 1 fully saturated rings. The van der Waals surface area contributed by atoms with Crippen LogP contribution in [0.4, 0.5) is 5.69 Å². The number of amides is 2. The molecule has 0 heterocycles. The first-order valence-corrected chi connectivity index (χ1v) is 6.67. The van der Waals surface area contributed by atoms with Crippen LogP contribution in [0.2, 0.25) is 5.02 Å². The van der Waals surface area contributed by atoms with E-state index in [1.54, 1.807) is 13.8 Å². The quantitative estimate of drug-likeness (QED) is 0.786. The van der Waals surface area contributed by atoms with Crippen LogP contribution in [0.25, 0.3) is 0 Å². The Morgan fingerprint density at radius 1 is 1.29 bits per heavy atom. The number of rotatable bonds is 4. The van der Waals surface area contributed by atoms with Crippen molar-refractivity contribution in [3.05, 3.63) is 28.8 Å². The highest BCUT2D eigenvalue weighted by atomic mass is 35.5. The number of primary amides is 1. The van der Waals surface area contributed by atoms with Crippen LogP contribution in [-0.2, 0) is 9.59 Å². The minimum atomic E-state index is -0.992. The highest BCUT2D eigenvalue weighted by molar-refractivity contribution is 6.34. The van der Waals surface area contributed by atoms with Crippen molar-refractivity contribution in [3.8, 4) is 0 Å². The van der Waals surface area contributed by atoms with Crippen LogP contribution >= 0.6 is 11.6 Å². The lowest BCUT2D eigenvalue weighted by Gasteiger charge is -2.08. The predicted octanol–water partition coefficient (Wildman–Crippen LogP) is 1.73. The number of nitrogens with one attached hydrogen (secondary N) is 1. The molecule has 6 nitrogen and oxygen atoms in total. The number of anilines is 1. The Kier molecular flexibility index (Phi) is 3.67. The van der Waals surface area contributed by atoms with Gasteiger partial charge in [-0.25, -0.2) is 0 Å². The van der Waals surface area contributed by atoms with Crippen molar-refractivity contribution in [2.45, 2.75) is 13.8 Å². The summed E-state index contributed by atoms with van der Waals surface area (Å²) in [4.78, 5) is 34.4. The highest BCUT2D eigenvalue weighted by Gasteiger charge is 2.65. The van der Waals surface area contributed by atoms with E-state index in [2.05, 4.69) is 5.32 Å². The Labute approximate surface area is 126 Å². The number of benzene rings is 1. The van der Waals surface area contributed by atoms with Crippen LogP contribution in [-0.4, -0.2) is 22.9 Å². The first-order chi connectivity index (χ1) is 9.66.